The van der Waals surface area contributed by atoms with Crippen molar-refractivity contribution in [3.63, 3.8) is 0 Å². The van der Waals surface area contributed by atoms with Crippen LogP contribution in [-0.2, 0) is 11.3 Å². The van der Waals surface area contributed by atoms with Crippen LogP contribution in [0.3, 0.4) is 0 Å². The molecule has 1 heterocycles. The van der Waals surface area contributed by atoms with Crippen LogP contribution in [0.15, 0.2) is 28.7 Å². The third kappa shape index (κ3) is 2.46. The molecule has 3 rings (SSSR count). The maximum atomic E-state index is 5.84. The number of ether oxygens (including phenoxy) is 2. The van der Waals surface area contributed by atoms with Crippen LogP contribution in [0.5, 0.6) is 5.75 Å². The summed E-state index contributed by atoms with van der Waals surface area (Å²) in [7, 11) is 3.43. The summed E-state index contributed by atoms with van der Waals surface area (Å²) in [5, 5.41) is 4.57. The van der Waals surface area contributed by atoms with Gasteiger partial charge in [0.15, 0.2) is 11.3 Å². The summed E-state index contributed by atoms with van der Waals surface area (Å²) in [5.74, 6) is 1.73. The average molecular weight is 261 g/mol. The highest BCUT2D eigenvalue weighted by atomic mass is 16.5. The van der Waals surface area contributed by atoms with E-state index in [1.165, 1.54) is 0 Å². The van der Waals surface area contributed by atoms with Crippen LogP contribution in [0, 0.1) is 0 Å². The van der Waals surface area contributed by atoms with Gasteiger partial charge in [-0.2, -0.15) is 0 Å². The Kier molecular flexibility index (Phi) is 3.44. The van der Waals surface area contributed by atoms with E-state index in [1.807, 2.05) is 18.2 Å². The average Bonchev–Trinajstić information content (AvgIpc) is 2.79. The predicted molar refractivity (Wildman–Crippen MR) is 73.4 cm³/mol. The summed E-state index contributed by atoms with van der Waals surface area (Å²) in [6.07, 6.45) is 2.59. The van der Waals surface area contributed by atoms with Crippen molar-refractivity contribution in [2.45, 2.75) is 31.5 Å². The molecule has 0 saturated heterocycles. The Labute approximate surface area is 112 Å². The normalized spacial score (nSPS) is 22.4. The van der Waals surface area contributed by atoms with Crippen molar-refractivity contribution in [1.82, 2.24) is 5.32 Å². The van der Waals surface area contributed by atoms with Gasteiger partial charge in [-0.25, -0.2) is 0 Å². The molecule has 1 aromatic carbocycles. The van der Waals surface area contributed by atoms with E-state index in [-0.39, 0.29) is 0 Å². The molecule has 1 N–H and O–H groups in total. The molecule has 0 amide bonds. The van der Waals surface area contributed by atoms with Crippen LogP contribution >= 0.6 is 0 Å². The molecule has 1 fully saturated rings. The van der Waals surface area contributed by atoms with Crippen LogP contribution in [-0.4, -0.2) is 26.4 Å². The van der Waals surface area contributed by atoms with Gasteiger partial charge in [-0.15, -0.1) is 0 Å². The van der Waals surface area contributed by atoms with E-state index in [1.54, 1.807) is 14.2 Å². The number of hydrogen-bond acceptors (Lipinski definition) is 4. The van der Waals surface area contributed by atoms with E-state index >= 15 is 0 Å². The lowest BCUT2D eigenvalue weighted by Crippen LogP contribution is -2.44. The SMILES string of the molecule is COc1cccc2cc(CNC3CC(OC)C3)oc12. The molecule has 4 nitrogen and oxygen atoms in total. The zero-order valence-corrected chi connectivity index (χ0v) is 11.3. The molecule has 1 aliphatic carbocycles. The van der Waals surface area contributed by atoms with Gasteiger partial charge in [-0.05, 0) is 25.0 Å². The molecule has 1 saturated carbocycles. The van der Waals surface area contributed by atoms with Crippen LogP contribution < -0.4 is 10.1 Å². The Morgan fingerprint density at radius 3 is 2.89 bits per heavy atom. The molecule has 0 atom stereocenters. The lowest BCUT2D eigenvalue weighted by molar-refractivity contribution is 0.0166. The molecule has 1 aliphatic rings. The molecular weight excluding hydrogens is 242 g/mol. The maximum absolute atomic E-state index is 5.84. The third-order valence-electron chi connectivity index (χ3n) is 3.77. The summed E-state index contributed by atoms with van der Waals surface area (Å²) in [6.45, 7) is 0.749. The minimum Gasteiger partial charge on any atom is -0.493 e. The van der Waals surface area contributed by atoms with Gasteiger partial charge >= 0.3 is 0 Å². The highest BCUT2D eigenvalue weighted by molar-refractivity contribution is 5.83. The van der Waals surface area contributed by atoms with Crippen LogP contribution in [0.25, 0.3) is 11.0 Å². The van der Waals surface area contributed by atoms with Gasteiger partial charge in [0.05, 0.1) is 19.8 Å². The number of benzene rings is 1. The first-order chi connectivity index (χ1) is 9.30. The molecule has 102 valence electrons. The molecule has 0 radical (unpaired) electrons. The van der Waals surface area contributed by atoms with Gasteiger partial charge in [-0.1, -0.05) is 12.1 Å². The third-order valence-corrected chi connectivity index (χ3v) is 3.77. The fraction of sp³-hybridized carbons (Fsp3) is 0.467. The fourth-order valence-corrected chi connectivity index (χ4v) is 2.51. The number of methoxy groups -OCH3 is 2. The van der Waals surface area contributed by atoms with Crippen molar-refractivity contribution in [2.75, 3.05) is 14.2 Å². The van der Waals surface area contributed by atoms with Crippen molar-refractivity contribution in [1.29, 1.82) is 0 Å². The maximum Gasteiger partial charge on any atom is 0.176 e. The Morgan fingerprint density at radius 1 is 1.32 bits per heavy atom. The molecular formula is C15H19NO3. The second kappa shape index (κ2) is 5.23. The van der Waals surface area contributed by atoms with E-state index in [9.17, 15) is 0 Å². The van der Waals surface area contributed by atoms with Gasteiger partial charge in [0.25, 0.3) is 0 Å². The van der Waals surface area contributed by atoms with Crippen molar-refractivity contribution in [3.05, 3.63) is 30.0 Å². The largest absolute Gasteiger partial charge is 0.493 e. The Balaban J connectivity index is 1.65. The minimum absolute atomic E-state index is 0.424. The zero-order valence-electron chi connectivity index (χ0n) is 11.3. The summed E-state index contributed by atoms with van der Waals surface area (Å²) in [5.41, 5.74) is 0.824. The van der Waals surface area contributed by atoms with E-state index < -0.39 is 0 Å². The number of rotatable bonds is 5. The lowest BCUT2D eigenvalue weighted by Gasteiger charge is -2.34. The van der Waals surface area contributed by atoms with E-state index in [0.717, 1.165) is 41.9 Å². The monoisotopic (exact) mass is 261 g/mol. The summed E-state index contributed by atoms with van der Waals surface area (Å²) in [6, 6.07) is 8.54. The lowest BCUT2D eigenvalue weighted by atomic mass is 9.89. The molecule has 1 aromatic heterocycles. The van der Waals surface area contributed by atoms with Gasteiger partial charge in [0.1, 0.15) is 5.76 Å². The second-order valence-corrected chi connectivity index (χ2v) is 5.00. The smallest absolute Gasteiger partial charge is 0.176 e. The quantitative estimate of drug-likeness (QED) is 0.898. The molecule has 4 heteroatoms. The zero-order chi connectivity index (χ0) is 13.2. The van der Waals surface area contributed by atoms with E-state index in [0.29, 0.717) is 12.1 Å². The summed E-state index contributed by atoms with van der Waals surface area (Å²) in [4.78, 5) is 0. The summed E-state index contributed by atoms with van der Waals surface area (Å²) < 4.78 is 16.4. The molecule has 0 unspecified atom stereocenters. The molecule has 0 spiro atoms. The number of fused-ring (bicyclic) bond motifs is 1. The number of furan rings is 1. The van der Waals surface area contributed by atoms with Crippen molar-refractivity contribution >= 4 is 11.0 Å². The van der Waals surface area contributed by atoms with Crippen LogP contribution in [0.2, 0.25) is 0 Å². The number of hydrogen-bond donors (Lipinski definition) is 1. The van der Waals surface area contributed by atoms with Crippen molar-refractivity contribution in [3.8, 4) is 5.75 Å². The first kappa shape index (κ1) is 12.5. The second-order valence-electron chi connectivity index (χ2n) is 5.00. The van der Waals surface area contributed by atoms with Crippen molar-refractivity contribution < 1.29 is 13.9 Å². The standard InChI is InChI=1S/C15H19NO3/c1-17-12-7-11(8-12)16-9-13-6-10-4-3-5-14(18-2)15(10)19-13/h3-6,11-12,16H,7-9H2,1-2H3. The topological polar surface area (TPSA) is 43.6 Å². The number of nitrogens with one attached hydrogen (secondary N) is 1. The first-order valence-electron chi connectivity index (χ1n) is 6.61. The minimum atomic E-state index is 0.424. The van der Waals surface area contributed by atoms with Crippen LogP contribution in [0.1, 0.15) is 18.6 Å². The fourth-order valence-electron chi connectivity index (χ4n) is 2.51. The van der Waals surface area contributed by atoms with Crippen molar-refractivity contribution in [2.24, 2.45) is 0 Å². The van der Waals surface area contributed by atoms with Crippen LogP contribution in [0.4, 0.5) is 0 Å². The highest BCUT2D eigenvalue weighted by Crippen LogP contribution is 2.29. The molecule has 0 aliphatic heterocycles. The molecule has 0 bridgehead atoms. The molecule has 19 heavy (non-hydrogen) atoms. The van der Waals surface area contributed by atoms with Gasteiger partial charge in [-0.3, -0.25) is 0 Å². The first-order valence-corrected chi connectivity index (χ1v) is 6.61. The number of para-hydroxylation sites is 1. The molecule has 2 aromatic rings. The van der Waals surface area contributed by atoms with E-state index in [4.69, 9.17) is 13.9 Å². The summed E-state index contributed by atoms with van der Waals surface area (Å²) >= 11 is 0. The van der Waals surface area contributed by atoms with E-state index in [2.05, 4.69) is 11.4 Å². The van der Waals surface area contributed by atoms with Gasteiger partial charge < -0.3 is 19.2 Å². The highest BCUT2D eigenvalue weighted by Gasteiger charge is 2.28. The Bertz CT molecular complexity index is 558. The van der Waals surface area contributed by atoms with Gasteiger partial charge in [0, 0.05) is 18.5 Å². The van der Waals surface area contributed by atoms with Gasteiger partial charge in [0.2, 0.25) is 0 Å². The predicted octanol–water partition coefficient (Wildman–Crippen LogP) is 2.71. The Morgan fingerprint density at radius 2 is 2.16 bits per heavy atom. The Hall–Kier alpha value is -1.52.